The standard InChI is InChI=1S/C21H28N2O2/c1-14-7-6-8-18(13-23-20(24)25-21(3,4)5)19(14)17-11-9-16(10-12-17)15(2)22/h6-12,15H,13,22H2,1-5H3,(H,23,24)/t15-/m1/s1. The molecule has 134 valence electrons. The van der Waals surface area contributed by atoms with Crippen molar-refractivity contribution in [3.8, 4) is 11.1 Å². The van der Waals surface area contributed by atoms with E-state index in [1.807, 2.05) is 39.8 Å². The molecule has 0 spiro atoms. The van der Waals surface area contributed by atoms with Crippen LogP contribution in [0.4, 0.5) is 4.79 Å². The Morgan fingerprint density at radius 3 is 2.36 bits per heavy atom. The Hall–Kier alpha value is -2.33. The van der Waals surface area contributed by atoms with E-state index < -0.39 is 11.7 Å². The maximum atomic E-state index is 11.9. The molecule has 1 atom stereocenters. The molecule has 4 heteroatoms. The van der Waals surface area contributed by atoms with Crippen LogP contribution in [-0.4, -0.2) is 11.7 Å². The van der Waals surface area contributed by atoms with E-state index in [4.69, 9.17) is 10.5 Å². The van der Waals surface area contributed by atoms with Gasteiger partial charge in [-0.25, -0.2) is 4.79 Å². The summed E-state index contributed by atoms with van der Waals surface area (Å²) in [5, 5.41) is 2.84. The fraction of sp³-hybridized carbons (Fsp3) is 0.381. The van der Waals surface area contributed by atoms with Gasteiger partial charge in [0.1, 0.15) is 5.60 Å². The van der Waals surface area contributed by atoms with Crippen LogP contribution in [0.2, 0.25) is 0 Å². The number of amides is 1. The molecule has 2 aromatic rings. The largest absolute Gasteiger partial charge is 0.444 e. The first-order valence-corrected chi connectivity index (χ1v) is 8.58. The molecule has 2 rings (SSSR count). The summed E-state index contributed by atoms with van der Waals surface area (Å²) in [7, 11) is 0. The zero-order valence-electron chi connectivity index (χ0n) is 15.7. The van der Waals surface area contributed by atoms with Gasteiger partial charge in [-0.15, -0.1) is 0 Å². The van der Waals surface area contributed by atoms with Crippen LogP contribution in [-0.2, 0) is 11.3 Å². The second-order valence-corrected chi connectivity index (χ2v) is 7.38. The third-order valence-electron chi connectivity index (χ3n) is 3.91. The minimum Gasteiger partial charge on any atom is -0.444 e. The number of alkyl carbamates (subject to hydrolysis) is 1. The molecule has 0 heterocycles. The van der Waals surface area contributed by atoms with E-state index in [0.29, 0.717) is 6.54 Å². The molecule has 0 saturated carbocycles. The number of nitrogens with two attached hydrogens (primary N) is 1. The average molecular weight is 340 g/mol. The van der Waals surface area contributed by atoms with Gasteiger partial charge >= 0.3 is 6.09 Å². The van der Waals surface area contributed by atoms with Crippen LogP contribution in [0.25, 0.3) is 11.1 Å². The fourth-order valence-electron chi connectivity index (χ4n) is 2.72. The molecule has 2 aromatic carbocycles. The second kappa shape index (κ2) is 7.70. The van der Waals surface area contributed by atoms with E-state index in [9.17, 15) is 4.79 Å². The molecule has 4 nitrogen and oxygen atoms in total. The summed E-state index contributed by atoms with van der Waals surface area (Å²) < 4.78 is 5.31. The number of hydrogen-bond donors (Lipinski definition) is 2. The normalized spacial score (nSPS) is 12.6. The third kappa shape index (κ3) is 5.33. The number of aryl methyl sites for hydroxylation is 1. The van der Waals surface area contributed by atoms with Crippen molar-refractivity contribution < 1.29 is 9.53 Å². The molecule has 0 aliphatic heterocycles. The van der Waals surface area contributed by atoms with Gasteiger partial charge in [0.15, 0.2) is 0 Å². The van der Waals surface area contributed by atoms with Crippen molar-refractivity contribution in [2.45, 2.75) is 52.8 Å². The highest BCUT2D eigenvalue weighted by atomic mass is 16.6. The van der Waals surface area contributed by atoms with Crippen molar-refractivity contribution in [1.82, 2.24) is 5.32 Å². The van der Waals surface area contributed by atoms with Crippen molar-refractivity contribution in [2.24, 2.45) is 5.73 Å². The molecule has 0 aromatic heterocycles. The molecule has 0 fully saturated rings. The third-order valence-corrected chi connectivity index (χ3v) is 3.91. The van der Waals surface area contributed by atoms with Crippen molar-refractivity contribution in [3.63, 3.8) is 0 Å². The van der Waals surface area contributed by atoms with E-state index in [-0.39, 0.29) is 6.04 Å². The molecule has 0 saturated heterocycles. The number of hydrogen-bond acceptors (Lipinski definition) is 3. The Morgan fingerprint density at radius 2 is 1.80 bits per heavy atom. The van der Waals surface area contributed by atoms with Gasteiger partial charge in [-0.2, -0.15) is 0 Å². The Morgan fingerprint density at radius 1 is 1.16 bits per heavy atom. The van der Waals surface area contributed by atoms with Gasteiger partial charge in [-0.05, 0) is 62.4 Å². The fourth-order valence-corrected chi connectivity index (χ4v) is 2.72. The van der Waals surface area contributed by atoms with Crippen LogP contribution in [0.5, 0.6) is 0 Å². The second-order valence-electron chi connectivity index (χ2n) is 7.38. The van der Waals surface area contributed by atoms with Gasteiger partial charge in [0, 0.05) is 12.6 Å². The van der Waals surface area contributed by atoms with Gasteiger partial charge in [-0.3, -0.25) is 0 Å². The van der Waals surface area contributed by atoms with Crippen molar-refractivity contribution in [2.75, 3.05) is 0 Å². The maximum Gasteiger partial charge on any atom is 0.407 e. The first-order valence-electron chi connectivity index (χ1n) is 8.58. The Balaban J connectivity index is 2.23. The number of carbonyl (C=O) groups excluding carboxylic acids is 1. The summed E-state index contributed by atoms with van der Waals surface area (Å²) in [6, 6.07) is 14.4. The summed E-state index contributed by atoms with van der Waals surface area (Å²) in [6.07, 6.45) is -0.410. The highest BCUT2D eigenvalue weighted by molar-refractivity contribution is 5.73. The summed E-state index contributed by atoms with van der Waals surface area (Å²) in [6.45, 7) is 10.0. The lowest BCUT2D eigenvalue weighted by Crippen LogP contribution is -2.32. The molecule has 3 N–H and O–H groups in total. The zero-order chi connectivity index (χ0) is 18.6. The van der Waals surface area contributed by atoms with Crippen LogP contribution in [0.1, 0.15) is 50.4 Å². The van der Waals surface area contributed by atoms with Gasteiger partial charge in [-0.1, -0.05) is 42.5 Å². The summed E-state index contributed by atoms with van der Waals surface area (Å²) >= 11 is 0. The highest BCUT2D eigenvalue weighted by Gasteiger charge is 2.16. The van der Waals surface area contributed by atoms with Gasteiger partial charge in [0.25, 0.3) is 0 Å². The number of nitrogens with one attached hydrogen (secondary N) is 1. The Bertz CT molecular complexity index is 729. The Kier molecular flexibility index (Phi) is 5.85. The van der Waals surface area contributed by atoms with Crippen LogP contribution in [0.15, 0.2) is 42.5 Å². The topological polar surface area (TPSA) is 64.3 Å². The van der Waals surface area contributed by atoms with E-state index in [0.717, 1.165) is 27.8 Å². The van der Waals surface area contributed by atoms with E-state index >= 15 is 0 Å². The minimum absolute atomic E-state index is 0.0132. The first-order chi connectivity index (χ1) is 11.7. The summed E-state index contributed by atoms with van der Waals surface area (Å²) in [4.78, 5) is 11.9. The lowest BCUT2D eigenvalue weighted by Gasteiger charge is -2.20. The van der Waals surface area contributed by atoms with Gasteiger partial charge in [0.2, 0.25) is 0 Å². The average Bonchev–Trinajstić information content (AvgIpc) is 2.51. The van der Waals surface area contributed by atoms with Gasteiger partial charge in [0.05, 0.1) is 0 Å². The molecule has 0 bridgehead atoms. The van der Waals surface area contributed by atoms with Crippen molar-refractivity contribution >= 4 is 6.09 Å². The monoisotopic (exact) mass is 340 g/mol. The van der Waals surface area contributed by atoms with Crippen LogP contribution >= 0.6 is 0 Å². The number of carbonyl (C=O) groups is 1. The van der Waals surface area contributed by atoms with Crippen LogP contribution in [0, 0.1) is 6.92 Å². The van der Waals surface area contributed by atoms with Crippen LogP contribution in [0.3, 0.4) is 0 Å². The number of benzene rings is 2. The molecule has 1 amide bonds. The quantitative estimate of drug-likeness (QED) is 0.847. The van der Waals surface area contributed by atoms with E-state index in [1.54, 1.807) is 0 Å². The van der Waals surface area contributed by atoms with Crippen molar-refractivity contribution in [1.29, 1.82) is 0 Å². The predicted octanol–water partition coefficient (Wildman–Crippen LogP) is 4.71. The number of rotatable bonds is 4. The summed E-state index contributed by atoms with van der Waals surface area (Å²) in [5.41, 5.74) is 11.0. The summed E-state index contributed by atoms with van der Waals surface area (Å²) in [5.74, 6) is 0. The van der Waals surface area contributed by atoms with Gasteiger partial charge < -0.3 is 15.8 Å². The SMILES string of the molecule is Cc1cccc(CNC(=O)OC(C)(C)C)c1-c1ccc([C@@H](C)N)cc1. The first kappa shape index (κ1) is 19.0. The number of ether oxygens (including phenoxy) is 1. The lowest BCUT2D eigenvalue weighted by atomic mass is 9.93. The molecular formula is C21H28N2O2. The molecule has 0 unspecified atom stereocenters. The Labute approximate surface area is 150 Å². The van der Waals surface area contributed by atoms with Crippen molar-refractivity contribution in [3.05, 3.63) is 59.2 Å². The molecule has 0 aliphatic rings. The van der Waals surface area contributed by atoms with E-state index in [1.165, 1.54) is 0 Å². The molecule has 0 aliphatic carbocycles. The minimum atomic E-state index is -0.506. The van der Waals surface area contributed by atoms with Crippen LogP contribution < -0.4 is 11.1 Å². The highest BCUT2D eigenvalue weighted by Crippen LogP contribution is 2.28. The smallest absolute Gasteiger partial charge is 0.407 e. The maximum absolute atomic E-state index is 11.9. The predicted molar refractivity (Wildman–Crippen MR) is 102 cm³/mol. The zero-order valence-corrected chi connectivity index (χ0v) is 15.7. The molecular weight excluding hydrogens is 312 g/mol. The molecule has 0 radical (unpaired) electrons. The lowest BCUT2D eigenvalue weighted by molar-refractivity contribution is 0.0523. The van der Waals surface area contributed by atoms with E-state index in [2.05, 4.69) is 42.6 Å². The molecule has 25 heavy (non-hydrogen) atoms.